The first-order chi connectivity index (χ1) is 10.2. The SMILES string of the molecule is ClCc1cc(Oc2cc(Cl)ccc2Cl)nc2ccccc12. The molecule has 0 aliphatic carbocycles. The minimum atomic E-state index is 0.378. The molecule has 0 spiro atoms. The predicted octanol–water partition coefficient (Wildman–Crippen LogP) is 6.07. The van der Waals surface area contributed by atoms with E-state index in [2.05, 4.69) is 4.98 Å². The third-order valence-electron chi connectivity index (χ3n) is 3.03. The van der Waals surface area contributed by atoms with Crippen molar-refractivity contribution >= 4 is 45.7 Å². The molecule has 3 rings (SSSR count). The number of alkyl halides is 1. The number of aromatic nitrogens is 1. The van der Waals surface area contributed by atoms with Crippen molar-refractivity contribution < 1.29 is 4.74 Å². The summed E-state index contributed by atoms with van der Waals surface area (Å²) in [7, 11) is 0. The van der Waals surface area contributed by atoms with Gasteiger partial charge in [-0.1, -0.05) is 41.4 Å². The second-order valence-corrected chi connectivity index (χ2v) is 5.56. The number of nitrogens with zero attached hydrogens (tertiary/aromatic N) is 1. The van der Waals surface area contributed by atoms with Crippen molar-refractivity contribution in [1.82, 2.24) is 4.98 Å². The molecule has 0 saturated carbocycles. The number of para-hydroxylation sites is 1. The highest BCUT2D eigenvalue weighted by molar-refractivity contribution is 6.34. The molecule has 0 atom stereocenters. The maximum atomic E-state index is 6.10. The van der Waals surface area contributed by atoms with E-state index in [1.165, 1.54) is 0 Å². The number of fused-ring (bicyclic) bond motifs is 1. The topological polar surface area (TPSA) is 22.1 Å². The molecular formula is C16H10Cl3NO. The Morgan fingerprint density at radius 2 is 1.81 bits per heavy atom. The van der Waals surface area contributed by atoms with E-state index in [1.807, 2.05) is 30.3 Å². The summed E-state index contributed by atoms with van der Waals surface area (Å²) in [6.45, 7) is 0. The minimum Gasteiger partial charge on any atom is -0.437 e. The number of ether oxygens (including phenoxy) is 1. The third kappa shape index (κ3) is 3.08. The first-order valence-corrected chi connectivity index (χ1v) is 7.54. The molecule has 5 heteroatoms. The van der Waals surface area contributed by atoms with Crippen molar-refractivity contribution in [3.63, 3.8) is 0 Å². The second-order valence-electron chi connectivity index (χ2n) is 4.45. The number of pyridine rings is 1. The highest BCUT2D eigenvalue weighted by atomic mass is 35.5. The third-order valence-corrected chi connectivity index (χ3v) is 3.87. The molecule has 0 aliphatic heterocycles. The van der Waals surface area contributed by atoms with E-state index >= 15 is 0 Å². The highest BCUT2D eigenvalue weighted by Gasteiger charge is 2.09. The van der Waals surface area contributed by atoms with Gasteiger partial charge < -0.3 is 4.74 Å². The minimum absolute atomic E-state index is 0.378. The largest absolute Gasteiger partial charge is 0.437 e. The van der Waals surface area contributed by atoms with Gasteiger partial charge in [0.2, 0.25) is 5.88 Å². The maximum absolute atomic E-state index is 6.10. The van der Waals surface area contributed by atoms with Crippen LogP contribution in [0.3, 0.4) is 0 Å². The van der Waals surface area contributed by atoms with Crippen LogP contribution in [0.2, 0.25) is 10.0 Å². The lowest BCUT2D eigenvalue weighted by Gasteiger charge is -2.10. The van der Waals surface area contributed by atoms with Crippen LogP contribution in [0.25, 0.3) is 10.9 Å². The molecule has 3 aromatic rings. The van der Waals surface area contributed by atoms with Crippen molar-refractivity contribution in [2.45, 2.75) is 5.88 Å². The fourth-order valence-electron chi connectivity index (χ4n) is 2.05. The zero-order valence-electron chi connectivity index (χ0n) is 10.8. The van der Waals surface area contributed by atoms with Crippen LogP contribution in [0.1, 0.15) is 5.56 Å². The molecule has 0 saturated heterocycles. The Morgan fingerprint density at radius 1 is 1.00 bits per heavy atom. The van der Waals surface area contributed by atoms with Crippen molar-refractivity contribution in [3.8, 4) is 11.6 Å². The summed E-state index contributed by atoms with van der Waals surface area (Å²) in [6, 6.07) is 14.6. The first kappa shape index (κ1) is 14.5. The predicted molar refractivity (Wildman–Crippen MR) is 87.8 cm³/mol. The quantitative estimate of drug-likeness (QED) is 0.540. The van der Waals surface area contributed by atoms with Crippen LogP contribution >= 0.6 is 34.8 Å². The Hall–Kier alpha value is -1.48. The summed E-state index contributed by atoms with van der Waals surface area (Å²) >= 11 is 18.1. The zero-order chi connectivity index (χ0) is 14.8. The van der Waals surface area contributed by atoms with Gasteiger partial charge in [-0.2, -0.15) is 0 Å². The van der Waals surface area contributed by atoms with Crippen molar-refractivity contribution in [2.75, 3.05) is 0 Å². The molecule has 0 aliphatic rings. The normalized spacial score (nSPS) is 10.8. The fraction of sp³-hybridized carbons (Fsp3) is 0.0625. The van der Waals surface area contributed by atoms with E-state index in [9.17, 15) is 0 Å². The average molecular weight is 339 g/mol. The van der Waals surface area contributed by atoms with Gasteiger partial charge in [-0.25, -0.2) is 4.98 Å². The lowest BCUT2D eigenvalue weighted by atomic mass is 10.1. The van der Waals surface area contributed by atoms with Crippen LogP contribution in [0.5, 0.6) is 11.6 Å². The van der Waals surface area contributed by atoms with E-state index < -0.39 is 0 Å². The van der Waals surface area contributed by atoms with E-state index in [4.69, 9.17) is 39.5 Å². The first-order valence-electron chi connectivity index (χ1n) is 6.25. The Kier molecular flexibility index (Phi) is 4.20. The van der Waals surface area contributed by atoms with Crippen LogP contribution < -0.4 is 4.74 Å². The summed E-state index contributed by atoms with van der Waals surface area (Å²) in [5, 5.41) is 2.03. The van der Waals surface area contributed by atoms with Crippen molar-refractivity contribution in [2.24, 2.45) is 0 Å². The Bertz CT molecular complexity index is 805. The molecule has 2 aromatic carbocycles. The lowest BCUT2D eigenvalue weighted by molar-refractivity contribution is 0.465. The van der Waals surface area contributed by atoms with Crippen LogP contribution in [0.4, 0.5) is 0 Å². The van der Waals surface area contributed by atoms with E-state index in [1.54, 1.807) is 18.2 Å². The smallest absolute Gasteiger partial charge is 0.220 e. The monoisotopic (exact) mass is 337 g/mol. The lowest BCUT2D eigenvalue weighted by Crippen LogP contribution is -1.93. The summed E-state index contributed by atoms with van der Waals surface area (Å²) in [5.74, 6) is 1.28. The van der Waals surface area contributed by atoms with Gasteiger partial charge >= 0.3 is 0 Å². The van der Waals surface area contributed by atoms with Gasteiger partial charge in [-0.05, 0) is 23.8 Å². The molecule has 0 N–H and O–H groups in total. The number of rotatable bonds is 3. The van der Waals surface area contributed by atoms with Gasteiger partial charge in [0.1, 0.15) is 5.75 Å². The number of halogens is 3. The summed E-state index contributed by atoms with van der Waals surface area (Å²) in [6.07, 6.45) is 0. The Labute approximate surface area is 137 Å². The second kappa shape index (κ2) is 6.10. The maximum Gasteiger partial charge on any atom is 0.220 e. The molecule has 106 valence electrons. The van der Waals surface area contributed by atoms with Gasteiger partial charge in [-0.3, -0.25) is 0 Å². The summed E-state index contributed by atoms with van der Waals surface area (Å²) in [4.78, 5) is 4.47. The summed E-state index contributed by atoms with van der Waals surface area (Å²) in [5.41, 5.74) is 1.78. The number of benzene rings is 2. The van der Waals surface area contributed by atoms with E-state index in [0.717, 1.165) is 16.5 Å². The Balaban J connectivity index is 2.06. The van der Waals surface area contributed by atoms with Crippen molar-refractivity contribution in [1.29, 1.82) is 0 Å². The fourth-order valence-corrected chi connectivity index (χ4v) is 2.59. The van der Waals surface area contributed by atoms with E-state index in [0.29, 0.717) is 27.6 Å². The molecule has 1 aromatic heterocycles. The molecule has 0 fully saturated rings. The van der Waals surface area contributed by atoms with Gasteiger partial charge in [0.05, 0.1) is 10.5 Å². The van der Waals surface area contributed by atoms with Crippen molar-refractivity contribution in [3.05, 3.63) is 64.1 Å². The summed E-state index contributed by atoms with van der Waals surface area (Å²) < 4.78 is 5.75. The average Bonchev–Trinajstić information content (AvgIpc) is 2.50. The van der Waals surface area contributed by atoms with Crippen LogP contribution in [-0.2, 0) is 5.88 Å². The zero-order valence-corrected chi connectivity index (χ0v) is 13.1. The molecule has 0 unspecified atom stereocenters. The molecule has 0 radical (unpaired) electrons. The molecule has 1 heterocycles. The molecule has 0 amide bonds. The highest BCUT2D eigenvalue weighted by Crippen LogP contribution is 2.33. The number of hydrogen-bond acceptors (Lipinski definition) is 2. The standard InChI is InChI=1S/C16H10Cl3NO/c17-9-10-7-16(20-14-4-2-1-3-12(10)14)21-15-8-11(18)5-6-13(15)19/h1-8H,9H2. The van der Waals surface area contributed by atoms with Gasteiger partial charge in [0.15, 0.2) is 0 Å². The molecule has 21 heavy (non-hydrogen) atoms. The van der Waals surface area contributed by atoms with Crippen LogP contribution in [0, 0.1) is 0 Å². The van der Waals surface area contributed by atoms with Gasteiger partial charge in [0.25, 0.3) is 0 Å². The van der Waals surface area contributed by atoms with Crippen LogP contribution in [-0.4, -0.2) is 4.98 Å². The molecule has 0 bridgehead atoms. The number of hydrogen-bond donors (Lipinski definition) is 0. The molecular weight excluding hydrogens is 329 g/mol. The Morgan fingerprint density at radius 3 is 2.62 bits per heavy atom. The van der Waals surface area contributed by atoms with E-state index in [-0.39, 0.29) is 0 Å². The molecule has 2 nitrogen and oxygen atoms in total. The van der Waals surface area contributed by atoms with Gasteiger partial charge in [-0.15, -0.1) is 11.6 Å². The van der Waals surface area contributed by atoms with Crippen LogP contribution in [0.15, 0.2) is 48.5 Å². The van der Waals surface area contributed by atoms with Gasteiger partial charge in [0, 0.05) is 28.4 Å².